The number of imidazole rings is 1. The van der Waals surface area contributed by atoms with Crippen molar-refractivity contribution in [1.82, 2.24) is 55.1 Å². The monoisotopic (exact) mass is 561 g/mol. The van der Waals surface area contributed by atoms with Crippen LogP contribution in [0.1, 0.15) is 36.7 Å². The number of pyridine rings is 1. The van der Waals surface area contributed by atoms with E-state index in [2.05, 4.69) is 40.8 Å². The first-order valence-corrected chi connectivity index (χ1v) is 12.7. The first-order valence-electron chi connectivity index (χ1n) is 12.3. The topological polar surface area (TPSA) is 136 Å². The third-order valence-electron chi connectivity index (χ3n) is 7.21. The van der Waals surface area contributed by atoms with Crippen LogP contribution in [0.2, 0.25) is 5.02 Å². The highest BCUT2D eigenvalue weighted by molar-refractivity contribution is 6.31. The smallest absolute Gasteiger partial charge is 0.247 e. The molecular weight excluding hydrogens is 544 g/mol. The van der Waals surface area contributed by atoms with Crippen molar-refractivity contribution in [3.63, 3.8) is 0 Å². The minimum atomic E-state index is -0.642. The number of hydrogen-bond donors (Lipinski definition) is 1. The maximum atomic E-state index is 15.3. The molecule has 0 radical (unpaired) electrons. The predicted molar refractivity (Wildman–Crippen MR) is 136 cm³/mol. The number of H-pyrrole nitrogens is 1. The zero-order valence-corrected chi connectivity index (χ0v) is 21.2. The number of nitrogens with one attached hydrogen (secondary N) is 1. The Bertz CT molecular complexity index is 1770. The van der Waals surface area contributed by atoms with Crippen molar-refractivity contribution in [2.75, 3.05) is 0 Å². The van der Waals surface area contributed by atoms with E-state index in [1.807, 2.05) is 0 Å². The Balaban J connectivity index is 1.20. The molecule has 7 rings (SSSR count). The van der Waals surface area contributed by atoms with Crippen LogP contribution in [0.25, 0.3) is 28.3 Å². The third kappa shape index (κ3) is 3.87. The molecule has 1 fully saturated rings. The van der Waals surface area contributed by atoms with E-state index in [9.17, 15) is 4.79 Å². The normalized spacial score (nSPS) is 18.7. The fraction of sp³-hybridized carbons (Fsp3) is 0.200. The fourth-order valence-corrected chi connectivity index (χ4v) is 5.63. The first-order chi connectivity index (χ1) is 19.5. The Labute approximate surface area is 229 Å². The van der Waals surface area contributed by atoms with Gasteiger partial charge in [-0.2, -0.15) is 9.36 Å². The maximum Gasteiger partial charge on any atom is 0.247 e. The van der Waals surface area contributed by atoms with Gasteiger partial charge in [-0.3, -0.25) is 4.79 Å². The highest BCUT2D eigenvalue weighted by Crippen LogP contribution is 2.44. The molecule has 0 saturated carbocycles. The second-order valence-corrected chi connectivity index (χ2v) is 9.81. The molecule has 4 aromatic heterocycles. The highest BCUT2D eigenvalue weighted by atomic mass is 35.5. The van der Waals surface area contributed by atoms with Crippen LogP contribution in [0.4, 0.5) is 8.78 Å². The zero-order valence-electron chi connectivity index (χ0n) is 20.5. The van der Waals surface area contributed by atoms with Gasteiger partial charge in [0.1, 0.15) is 12.2 Å². The SMILES string of the molecule is O=C1C=C(c2c(-n3cnnn3)ccc(Cl)c2F)C[C@H]2CC[C@H](c3ncc(-c4ccnc(-n5ccnn5)c4F)[nH]3)N12. The molecule has 5 aromatic rings. The van der Waals surface area contributed by atoms with Gasteiger partial charge in [0.15, 0.2) is 17.5 Å². The van der Waals surface area contributed by atoms with E-state index in [0.717, 1.165) is 0 Å². The van der Waals surface area contributed by atoms with Gasteiger partial charge in [0.05, 0.1) is 41.0 Å². The molecule has 1 aromatic carbocycles. The summed E-state index contributed by atoms with van der Waals surface area (Å²) in [5.41, 5.74) is 1.78. The van der Waals surface area contributed by atoms with Crippen molar-refractivity contribution in [2.45, 2.75) is 31.3 Å². The zero-order chi connectivity index (χ0) is 27.4. The van der Waals surface area contributed by atoms with Crippen molar-refractivity contribution < 1.29 is 13.6 Å². The van der Waals surface area contributed by atoms with E-state index in [-0.39, 0.29) is 40.0 Å². The molecule has 15 heteroatoms. The lowest BCUT2D eigenvalue weighted by molar-refractivity contribution is -0.129. The lowest BCUT2D eigenvalue weighted by Crippen LogP contribution is -2.39. The molecule has 1 amide bonds. The maximum absolute atomic E-state index is 15.3. The summed E-state index contributed by atoms with van der Waals surface area (Å²) in [4.78, 5) is 26.9. The number of halogens is 3. The van der Waals surface area contributed by atoms with Crippen molar-refractivity contribution in [1.29, 1.82) is 0 Å². The van der Waals surface area contributed by atoms with E-state index in [0.29, 0.717) is 42.0 Å². The average Bonchev–Trinajstić information content (AvgIpc) is 3.77. The minimum Gasteiger partial charge on any atom is -0.340 e. The summed E-state index contributed by atoms with van der Waals surface area (Å²) in [6.45, 7) is 0. The van der Waals surface area contributed by atoms with E-state index < -0.39 is 11.6 Å². The number of aromatic nitrogens is 10. The van der Waals surface area contributed by atoms with Crippen LogP contribution < -0.4 is 0 Å². The standard InChI is InChI=1S/C25H18ClF2N11O/c26-16-2-4-18(38-12-32-34-36-38)21(23(16)28)13-9-14-1-3-19(39(14)20(40)10-13)24-30-11-17(33-24)15-5-6-29-25(22(15)27)37-8-7-31-35-37/h2,4-8,10-12,14,19H,1,3,9H2,(H,30,33)/t14-,19-/m1/s1. The Morgan fingerprint density at radius 3 is 2.70 bits per heavy atom. The molecule has 0 aliphatic carbocycles. The molecule has 1 saturated heterocycles. The van der Waals surface area contributed by atoms with Gasteiger partial charge in [-0.1, -0.05) is 16.8 Å². The molecule has 0 spiro atoms. The summed E-state index contributed by atoms with van der Waals surface area (Å²) >= 11 is 6.11. The quantitative estimate of drug-likeness (QED) is 0.344. The van der Waals surface area contributed by atoms with Gasteiger partial charge < -0.3 is 9.88 Å². The summed E-state index contributed by atoms with van der Waals surface area (Å²) in [6, 6.07) is 4.03. The second-order valence-electron chi connectivity index (χ2n) is 9.40. The van der Waals surface area contributed by atoms with Crippen molar-refractivity contribution in [3.05, 3.63) is 83.4 Å². The Hall–Kier alpha value is -4.85. The molecular formula is C25H18ClF2N11O. The van der Waals surface area contributed by atoms with Crippen LogP contribution in [-0.4, -0.2) is 67.0 Å². The number of rotatable bonds is 5. The minimum absolute atomic E-state index is 0.00486. The Kier molecular flexibility index (Phi) is 5.70. The van der Waals surface area contributed by atoms with Gasteiger partial charge in [-0.15, -0.1) is 10.2 Å². The van der Waals surface area contributed by atoms with Crippen LogP contribution >= 0.6 is 11.6 Å². The summed E-state index contributed by atoms with van der Waals surface area (Å²) in [5, 5.41) is 18.6. The predicted octanol–water partition coefficient (Wildman–Crippen LogP) is 3.48. The number of carbonyl (C=O) groups excluding carboxylic acids is 1. The van der Waals surface area contributed by atoms with Crippen molar-refractivity contribution in [2.24, 2.45) is 0 Å². The Morgan fingerprint density at radius 2 is 1.90 bits per heavy atom. The Morgan fingerprint density at radius 1 is 1.00 bits per heavy atom. The van der Waals surface area contributed by atoms with Gasteiger partial charge >= 0.3 is 0 Å². The van der Waals surface area contributed by atoms with Crippen LogP contribution in [0.5, 0.6) is 0 Å². The van der Waals surface area contributed by atoms with Gasteiger partial charge in [0, 0.05) is 29.4 Å². The van der Waals surface area contributed by atoms with Gasteiger partial charge in [0.2, 0.25) is 5.91 Å². The van der Waals surface area contributed by atoms with Gasteiger partial charge in [0.25, 0.3) is 0 Å². The molecule has 1 N–H and O–H groups in total. The summed E-state index contributed by atoms with van der Waals surface area (Å²) in [6.07, 6.45) is 10.4. The van der Waals surface area contributed by atoms with E-state index in [1.165, 1.54) is 58.7 Å². The van der Waals surface area contributed by atoms with Crippen molar-refractivity contribution >= 4 is 23.1 Å². The number of nitrogens with zero attached hydrogens (tertiary/aromatic N) is 10. The molecule has 0 unspecified atom stereocenters. The largest absolute Gasteiger partial charge is 0.340 e. The average molecular weight is 562 g/mol. The molecule has 12 nitrogen and oxygen atoms in total. The van der Waals surface area contributed by atoms with Crippen LogP contribution in [0, 0.1) is 11.6 Å². The molecule has 2 atom stereocenters. The van der Waals surface area contributed by atoms with Crippen LogP contribution in [0.3, 0.4) is 0 Å². The van der Waals surface area contributed by atoms with Gasteiger partial charge in [-0.25, -0.2) is 18.7 Å². The van der Waals surface area contributed by atoms with E-state index >= 15 is 8.78 Å². The first kappa shape index (κ1) is 24.2. The molecule has 2 aliphatic heterocycles. The van der Waals surface area contributed by atoms with Crippen LogP contribution in [0.15, 0.2) is 55.4 Å². The lowest BCUT2D eigenvalue weighted by atomic mass is 9.92. The molecule has 2 aliphatic rings. The number of carbonyl (C=O) groups is 1. The summed E-state index contributed by atoms with van der Waals surface area (Å²) in [5.74, 6) is -0.972. The number of fused-ring (bicyclic) bond motifs is 1. The lowest BCUT2D eigenvalue weighted by Gasteiger charge is -2.33. The number of amides is 1. The highest BCUT2D eigenvalue weighted by Gasteiger charge is 2.42. The third-order valence-corrected chi connectivity index (χ3v) is 7.50. The number of benzene rings is 1. The molecule has 40 heavy (non-hydrogen) atoms. The number of hydrogen-bond acceptors (Lipinski definition) is 8. The molecule has 6 heterocycles. The molecule has 0 bridgehead atoms. The second kappa shape index (κ2) is 9.41. The summed E-state index contributed by atoms with van der Waals surface area (Å²) < 4.78 is 33.2. The molecule has 200 valence electrons. The van der Waals surface area contributed by atoms with Gasteiger partial charge in [-0.05, 0) is 53.5 Å². The van der Waals surface area contributed by atoms with E-state index in [4.69, 9.17) is 11.6 Å². The summed E-state index contributed by atoms with van der Waals surface area (Å²) in [7, 11) is 0. The number of tetrazole rings is 1. The van der Waals surface area contributed by atoms with Crippen LogP contribution in [-0.2, 0) is 4.79 Å². The van der Waals surface area contributed by atoms with E-state index in [1.54, 1.807) is 11.0 Å². The number of aromatic amines is 1. The van der Waals surface area contributed by atoms with Crippen molar-refractivity contribution in [3.8, 4) is 22.8 Å². The fourth-order valence-electron chi connectivity index (χ4n) is 5.47.